The van der Waals surface area contributed by atoms with Gasteiger partial charge in [-0.15, -0.1) is 0 Å². The maximum atomic E-state index is 2.46. The molecule has 0 atom stereocenters. The summed E-state index contributed by atoms with van der Waals surface area (Å²) >= 11 is 0. The lowest BCUT2D eigenvalue weighted by Crippen LogP contribution is -2.28. The number of nitrogens with zero attached hydrogens (tertiary/aromatic N) is 1. The van der Waals surface area contributed by atoms with E-state index in [0.717, 1.165) is 17.1 Å². The van der Waals surface area contributed by atoms with Crippen molar-refractivity contribution in [2.45, 2.75) is 10.8 Å². The predicted molar refractivity (Wildman–Crippen MR) is 312 cm³/mol. The summed E-state index contributed by atoms with van der Waals surface area (Å²) in [6.07, 6.45) is 0. The molecule has 0 unspecified atom stereocenters. The van der Waals surface area contributed by atoms with Gasteiger partial charge in [0.1, 0.15) is 0 Å². The first kappa shape index (κ1) is 44.2. The maximum Gasteiger partial charge on any atom is 0.0713 e. The highest BCUT2D eigenvalue weighted by molar-refractivity contribution is 5.92. The fourth-order valence-electron chi connectivity index (χ4n) is 12.7. The van der Waals surface area contributed by atoms with Gasteiger partial charge in [0.05, 0.1) is 10.8 Å². The lowest BCUT2D eigenvalue weighted by Gasteiger charge is -2.34. The van der Waals surface area contributed by atoms with Crippen LogP contribution >= 0.6 is 0 Å². The molecule has 0 spiro atoms. The Balaban J connectivity index is 0.902. The number of fused-ring (bicyclic) bond motifs is 6. The number of anilines is 3. The highest BCUT2D eigenvalue weighted by Crippen LogP contribution is 2.59. The minimum absolute atomic E-state index is 0.470. The van der Waals surface area contributed by atoms with Crippen LogP contribution in [0.2, 0.25) is 0 Å². The van der Waals surface area contributed by atoms with Crippen molar-refractivity contribution in [1.29, 1.82) is 0 Å². The third-order valence-electron chi connectivity index (χ3n) is 16.1. The molecule has 0 aromatic heterocycles. The van der Waals surface area contributed by atoms with Gasteiger partial charge in [-0.2, -0.15) is 0 Å². The molecule has 352 valence electrons. The first-order chi connectivity index (χ1) is 37.2. The van der Waals surface area contributed by atoms with E-state index in [4.69, 9.17) is 0 Å². The molecule has 1 heteroatoms. The van der Waals surface area contributed by atoms with E-state index in [9.17, 15) is 0 Å². The van der Waals surface area contributed by atoms with Crippen LogP contribution in [0.1, 0.15) is 44.5 Å². The summed E-state index contributed by atoms with van der Waals surface area (Å²) in [4.78, 5) is 2.43. The van der Waals surface area contributed by atoms with E-state index in [-0.39, 0.29) is 0 Å². The zero-order chi connectivity index (χ0) is 49.8. The van der Waals surface area contributed by atoms with Gasteiger partial charge in [-0.05, 0) is 143 Å². The molecule has 0 fully saturated rings. The standard InChI is InChI=1S/C74H51N/c1-6-20-52(21-7-1)53-34-36-54(37-35-53)55-38-43-62(44-39-55)75(64-47-49-71-68(51-64)66-31-17-19-33-70(66)73(71,58-22-8-2-9-23-58)59-24-10-3-11-25-59)63-45-40-56(41-46-63)57-42-48-67-65-30-16-18-32-69(65)74(72(67)50-57,60-26-12-4-13-27-60)61-28-14-5-15-29-61/h1-51H. The molecule has 14 rings (SSSR count). The molecule has 0 amide bonds. The van der Waals surface area contributed by atoms with Crippen LogP contribution in [-0.4, -0.2) is 0 Å². The quantitative estimate of drug-likeness (QED) is 0.132. The Morgan fingerprint density at radius 2 is 0.493 bits per heavy atom. The van der Waals surface area contributed by atoms with Gasteiger partial charge in [0.2, 0.25) is 0 Å². The second kappa shape index (κ2) is 18.2. The lowest BCUT2D eigenvalue weighted by molar-refractivity contribution is 0.768. The summed E-state index contributed by atoms with van der Waals surface area (Å²) in [5.41, 5.74) is 24.8. The van der Waals surface area contributed by atoms with Gasteiger partial charge in [-0.25, -0.2) is 0 Å². The molecule has 0 radical (unpaired) electrons. The maximum absolute atomic E-state index is 2.46. The smallest absolute Gasteiger partial charge is 0.0713 e. The molecule has 2 aliphatic rings. The van der Waals surface area contributed by atoms with Crippen LogP contribution in [0.5, 0.6) is 0 Å². The van der Waals surface area contributed by atoms with Gasteiger partial charge in [-0.1, -0.05) is 267 Å². The molecule has 0 aliphatic heterocycles. The first-order valence-electron chi connectivity index (χ1n) is 26.1. The Hall–Kier alpha value is -9.56. The molecule has 0 saturated carbocycles. The summed E-state index contributed by atoms with van der Waals surface area (Å²) in [6.45, 7) is 0. The molecular formula is C74H51N. The molecule has 75 heavy (non-hydrogen) atoms. The third-order valence-corrected chi connectivity index (χ3v) is 16.1. The van der Waals surface area contributed by atoms with E-state index in [0.29, 0.717) is 0 Å². The number of hydrogen-bond acceptors (Lipinski definition) is 1. The van der Waals surface area contributed by atoms with E-state index in [2.05, 4.69) is 314 Å². The van der Waals surface area contributed by atoms with E-state index in [1.807, 2.05) is 0 Å². The van der Waals surface area contributed by atoms with Crippen molar-refractivity contribution in [2.24, 2.45) is 0 Å². The SMILES string of the molecule is c1ccc(-c2ccc(-c3ccc(N(c4ccc(-c5ccc6c(c5)C(c5ccccc5)(c5ccccc5)c5ccccc5-6)cc4)c4ccc5c(c4)-c4ccccc4C5(c4ccccc4)c4ccccc4)cc3)cc2)cc1. The molecule has 1 nitrogen and oxygen atoms in total. The third kappa shape index (κ3) is 7.08. The van der Waals surface area contributed by atoms with Crippen molar-refractivity contribution < 1.29 is 0 Å². The molecule has 2 aliphatic carbocycles. The second-order valence-corrected chi connectivity index (χ2v) is 19.9. The largest absolute Gasteiger partial charge is 0.310 e. The highest BCUT2D eigenvalue weighted by Gasteiger charge is 2.47. The number of benzene rings is 12. The lowest BCUT2D eigenvalue weighted by atomic mass is 9.67. The van der Waals surface area contributed by atoms with Crippen LogP contribution < -0.4 is 4.90 Å². The minimum Gasteiger partial charge on any atom is -0.310 e. The van der Waals surface area contributed by atoms with Crippen molar-refractivity contribution in [3.8, 4) is 55.6 Å². The van der Waals surface area contributed by atoms with Gasteiger partial charge >= 0.3 is 0 Å². The number of rotatable bonds is 10. The van der Waals surface area contributed by atoms with Crippen LogP contribution in [0.15, 0.2) is 309 Å². The van der Waals surface area contributed by atoms with Gasteiger partial charge in [0, 0.05) is 17.1 Å². The van der Waals surface area contributed by atoms with Crippen molar-refractivity contribution in [2.75, 3.05) is 4.90 Å². The molecule has 12 aromatic rings. The average molecular weight is 954 g/mol. The molecule has 0 heterocycles. The zero-order valence-corrected chi connectivity index (χ0v) is 41.4. The van der Waals surface area contributed by atoms with E-state index in [1.54, 1.807) is 0 Å². The van der Waals surface area contributed by atoms with E-state index >= 15 is 0 Å². The topological polar surface area (TPSA) is 3.24 Å². The van der Waals surface area contributed by atoms with E-state index in [1.165, 1.54) is 100 Å². The van der Waals surface area contributed by atoms with Crippen molar-refractivity contribution in [1.82, 2.24) is 0 Å². The van der Waals surface area contributed by atoms with Gasteiger partial charge in [0.15, 0.2) is 0 Å². The number of hydrogen-bond donors (Lipinski definition) is 0. The molecule has 0 bridgehead atoms. The summed E-state index contributed by atoms with van der Waals surface area (Å²) in [5.74, 6) is 0. The van der Waals surface area contributed by atoms with Gasteiger partial charge in [-0.3, -0.25) is 0 Å². The second-order valence-electron chi connectivity index (χ2n) is 19.9. The normalized spacial score (nSPS) is 13.3. The minimum atomic E-state index is -0.479. The van der Waals surface area contributed by atoms with Gasteiger partial charge in [0.25, 0.3) is 0 Å². The average Bonchev–Trinajstić information content (AvgIpc) is 4.08. The monoisotopic (exact) mass is 953 g/mol. The highest BCUT2D eigenvalue weighted by atomic mass is 15.1. The molecule has 12 aromatic carbocycles. The van der Waals surface area contributed by atoms with Crippen molar-refractivity contribution in [3.05, 3.63) is 354 Å². The van der Waals surface area contributed by atoms with Crippen LogP contribution in [0.3, 0.4) is 0 Å². The van der Waals surface area contributed by atoms with Gasteiger partial charge < -0.3 is 4.90 Å². The molecular weight excluding hydrogens is 903 g/mol. The van der Waals surface area contributed by atoms with E-state index < -0.39 is 10.8 Å². The summed E-state index contributed by atoms with van der Waals surface area (Å²) in [7, 11) is 0. The summed E-state index contributed by atoms with van der Waals surface area (Å²) in [5, 5.41) is 0. The Morgan fingerprint density at radius 3 is 0.960 bits per heavy atom. The summed E-state index contributed by atoms with van der Waals surface area (Å²) in [6, 6.07) is 114. The Labute approximate surface area is 440 Å². The summed E-state index contributed by atoms with van der Waals surface area (Å²) < 4.78 is 0. The van der Waals surface area contributed by atoms with Crippen LogP contribution in [-0.2, 0) is 10.8 Å². The zero-order valence-electron chi connectivity index (χ0n) is 41.4. The van der Waals surface area contributed by atoms with Crippen molar-refractivity contribution >= 4 is 17.1 Å². The Morgan fingerprint density at radius 1 is 0.187 bits per heavy atom. The Bertz CT molecular complexity index is 3920. The Kier molecular flexibility index (Phi) is 10.7. The molecule has 0 saturated heterocycles. The van der Waals surface area contributed by atoms with Crippen LogP contribution in [0, 0.1) is 0 Å². The van der Waals surface area contributed by atoms with Crippen molar-refractivity contribution in [3.63, 3.8) is 0 Å². The van der Waals surface area contributed by atoms with Crippen LogP contribution in [0.4, 0.5) is 17.1 Å². The first-order valence-corrected chi connectivity index (χ1v) is 26.1. The molecule has 0 N–H and O–H groups in total. The fourth-order valence-corrected chi connectivity index (χ4v) is 12.7. The fraction of sp³-hybridized carbons (Fsp3) is 0.0270. The van der Waals surface area contributed by atoms with Crippen LogP contribution in [0.25, 0.3) is 55.6 Å². The predicted octanol–water partition coefficient (Wildman–Crippen LogP) is 18.9.